The van der Waals surface area contributed by atoms with E-state index in [4.69, 9.17) is 4.74 Å². The molecule has 1 aliphatic heterocycles. The second kappa shape index (κ2) is 4.73. The molecular formula is C12H15N5O. The zero-order valence-electron chi connectivity index (χ0n) is 10.2. The summed E-state index contributed by atoms with van der Waals surface area (Å²) in [5.74, 6) is 1.95. The molecule has 94 valence electrons. The summed E-state index contributed by atoms with van der Waals surface area (Å²) in [4.78, 5) is 8.67. The molecule has 18 heavy (non-hydrogen) atoms. The molecule has 3 rings (SSSR count). The van der Waals surface area contributed by atoms with E-state index in [0.717, 1.165) is 19.0 Å². The van der Waals surface area contributed by atoms with Crippen LogP contribution < -0.4 is 5.32 Å². The van der Waals surface area contributed by atoms with Crippen molar-refractivity contribution in [3.63, 3.8) is 0 Å². The average molecular weight is 245 g/mol. The van der Waals surface area contributed by atoms with Crippen LogP contribution in [0.15, 0.2) is 30.9 Å². The maximum Gasteiger partial charge on any atom is 0.173 e. The maximum atomic E-state index is 5.42. The second-order valence-electron chi connectivity index (χ2n) is 4.48. The lowest BCUT2D eigenvalue weighted by molar-refractivity contribution is 0.187. The van der Waals surface area contributed by atoms with Crippen molar-refractivity contribution in [3.8, 4) is 5.82 Å². The molecule has 2 atom stereocenters. The molecule has 0 radical (unpaired) electrons. The molecule has 6 nitrogen and oxygen atoms in total. The summed E-state index contributed by atoms with van der Waals surface area (Å²) >= 11 is 0. The topological polar surface area (TPSA) is 64.9 Å². The van der Waals surface area contributed by atoms with E-state index < -0.39 is 0 Å². The smallest absolute Gasteiger partial charge is 0.173 e. The number of nitrogens with one attached hydrogen (secondary N) is 1. The van der Waals surface area contributed by atoms with Crippen molar-refractivity contribution in [2.75, 3.05) is 18.5 Å². The van der Waals surface area contributed by atoms with Crippen molar-refractivity contribution in [1.82, 2.24) is 19.7 Å². The Morgan fingerprint density at radius 2 is 2.33 bits per heavy atom. The molecule has 1 aliphatic rings. The molecule has 0 amide bonds. The van der Waals surface area contributed by atoms with Gasteiger partial charge in [-0.25, -0.2) is 9.67 Å². The molecule has 2 aromatic heterocycles. The molecule has 0 saturated carbocycles. The molecule has 0 aliphatic carbocycles. The predicted molar refractivity (Wildman–Crippen MR) is 66.5 cm³/mol. The van der Waals surface area contributed by atoms with Crippen LogP contribution in [0.5, 0.6) is 0 Å². The number of aromatic nitrogens is 4. The van der Waals surface area contributed by atoms with Gasteiger partial charge in [0.15, 0.2) is 5.82 Å². The molecular weight excluding hydrogens is 230 g/mol. The Morgan fingerprint density at radius 3 is 3.06 bits per heavy atom. The standard InChI is InChI=1S/C12H15N5O/c1-9-7-18-8-10(9)15-11-5-13-6-12(16-11)17-4-2-3-14-17/h2-6,9-10H,7-8H2,1H3,(H,15,16). The summed E-state index contributed by atoms with van der Waals surface area (Å²) < 4.78 is 7.10. The summed E-state index contributed by atoms with van der Waals surface area (Å²) in [5, 5.41) is 7.49. The highest BCUT2D eigenvalue weighted by molar-refractivity contribution is 5.37. The molecule has 2 aromatic rings. The first kappa shape index (κ1) is 11.2. The minimum atomic E-state index is 0.298. The number of nitrogens with zero attached hydrogens (tertiary/aromatic N) is 4. The van der Waals surface area contributed by atoms with E-state index in [1.807, 2.05) is 12.3 Å². The molecule has 0 bridgehead atoms. The van der Waals surface area contributed by atoms with Gasteiger partial charge < -0.3 is 10.1 Å². The van der Waals surface area contributed by atoms with Gasteiger partial charge in [-0.05, 0) is 6.07 Å². The highest BCUT2D eigenvalue weighted by Gasteiger charge is 2.24. The fraction of sp³-hybridized carbons (Fsp3) is 0.417. The minimum Gasteiger partial charge on any atom is -0.379 e. The molecule has 2 unspecified atom stereocenters. The van der Waals surface area contributed by atoms with Crippen LogP contribution in [0, 0.1) is 5.92 Å². The van der Waals surface area contributed by atoms with E-state index in [0.29, 0.717) is 17.8 Å². The molecule has 1 N–H and O–H groups in total. The normalized spacial score (nSPS) is 23.2. The van der Waals surface area contributed by atoms with Crippen molar-refractivity contribution in [1.29, 1.82) is 0 Å². The van der Waals surface area contributed by atoms with Crippen molar-refractivity contribution in [2.24, 2.45) is 5.92 Å². The molecule has 6 heteroatoms. The lowest BCUT2D eigenvalue weighted by Crippen LogP contribution is -2.26. The average Bonchev–Trinajstić information content (AvgIpc) is 3.02. The van der Waals surface area contributed by atoms with Crippen LogP contribution in [0.4, 0.5) is 5.82 Å². The Bertz CT molecular complexity index is 513. The van der Waals surface area contributed by atoms with Gasteiger partial charge in [0.1, 0.15) is 5.82 Å². The Balaban J connectivity index is 1.79. The van der Waals surface area contributed by atoms with Gasteiger partial charge in [0.25, 0.3) is 0 Å². The molecule has 0 aromatic carbocycles. The first-order valence-electron chi connectivity index (χ1n) is 5.99. The molecule has 3 heterocycles. The van der Waals surface area contributed by atoms with Crippen LogP contribution in [0.1, 0.15) is 6.92 Å². The Hall–Kier alpha value is -1.95. The Labute approximate surface area is 105 Å². The molecule has 1 fully saturated rings. The molecule has 1 saturated heterocycles. The van der Waals surface area contributed by atoms with Gasteiger partial charge in [-0.2, -0.15) is 5.10 Å². The third-order valence-electron chi connectivity index (χ3n) is 3.06. The number of hydrogen-bond donors (Lipinski definition) is 1. The predicted octanol–water partition coefficient (Wildman–Crippen LogP) is 1.11. The Kier molecular flexibility index (Phi) is 2.93. The van der Waals surface area contributed by atoms with Gasteiger partial charge in [0.2, 0.25) is 0 Å². The monoisotopic (exact) mass is 245 g/mol. The number of ether oxygens (including phenoxy) is 1. The van der Waals surface area contributed by atoms with Gasteiger partial charge in [-0.15, -0.1) is 0 Å². The third kappa shape index (κ3) is 2.19. The Morgan fingerprint density at radius 1 is 1.39 bits per heavy atom. The van der Waals surface area contributed by atoms with Crippen LogP contribution in [0.2, 0.25) is 0 Å². The summed E-state index contributed by atoms with van der Waals surface area (Å²) in [5.41, 5.74) is 0. The third-order valence-corrected chi connectivity index (χ3v) is 3.06. The quantitative estimate of drug-likeness (QED) is 0.877. The van der Waals surface area contributed by atoms with E-state index in [2.05, 4.69) is 27.3 Å². The van der Waals surface area contributed by atoms with Gasteiger partial charge in [-0.1, -0.05) is 6.92 Å². The summed E-state index contributed by atoms with van der Waals surface area (Å²) in [6, 6.07) is 2.15. The summed E-state index contributed by atoms with van der Waals surface area (Å²) in [6.07, 6.45) is 6.97. The highest BCUT2D eigenvalue weighted by Crippen LogP contribution is 2.17. The fourth-order valence-electron chi connectivity index (χ4n) is 1.98. The molecule has 0 spiro atoms. The van der Waals surface area contributed by atoms with E-state index in [-0.39, 0.29) is 0 Å². The largest absolute Gasteiger partial charge is 0.379 e. The van der Waals surface area contributed by atoms with Crippen molar-refractivity contribution in [3.05, 3.63) is 30.9 Å². The van der Waals surface area contributed by atoms with Gasteiger partial charge in [0.05, 0.1) is 31.6 Å². The summed E-state index contributed by atoms with van der Waals surface area (Å²) in [6.45, 7) is 3.67. The van der Waals surface area contributed by atoms with E-state index in [1.165, 1.54) is 0 Å². The lowest BCUT2D eigenvalue weighted by atomic mass is 10.1. The first-order chi connectivity index (χ1) is 8.83. The van der Waals surface area contributed by atoms with E-state index in [9.17, 15) is 0 Å². The maximum absolute atomic E-state index is 5.42. The van der Waals surface area contributed by atoms with Gasteiger partial charge >= 0.3 is 0 Å². The first-order valence-corrected chi connectivity index (χ1v) is 5.99. The second-order valence-corrected chi connectivity index (χ2v) is 4.48. The fourth-order valence-corrected chi connectivity index (χ4v) is 1.98. The van der Waals surface area contributed by atoms with Crippen molar-refractivity contribution >= 4 is 5.82 Å². The van der Waals surface area contributed by atoms with Gasteiger partial charge in [0, 0.05) is 18.3 Å². The summed E-state index contributed by atoms with van der Waals surface area (Å²) in [7, 11) is 0. The minimum absolute atomic E-state index is 0.298. The number of anilines is 1. The van der Waals surface area contributed by atoms with Crippen LogP contribution in [-0.2, 0) is 4.74 Å². The van der Waals surface area contributed by atoms with Crippen LogP contribution in [0.3, 0.4) is 0 Å². The van der Waals surface area contributed by atoms with Crippen LogP contribution >= 0.6 is 0 Å². The zero-order valence-corrected chi connectivity index (χ0v) is 10.2. The van der Waals surface area contributed by atoms with Crippen LogP contribution in [0.25, 0.3) is 5.82 Å². The highest BCUT2D eigenvalue weighted by atomic mass is 16.5. The van der Waals surface area contributed by atoms with E-state index in [1.54, 1.807) is 23.3 Å². The number of hydrogen-bond acceptors (Lipinski definition) is 5. The van der Waals surface area contributed by atoms with E-state index >= 15 is 0 Å². The zero-order chi connectivity index (χ0) is 12.4. The van der Waals surface area contributed by atoms with Crippen LogP contribution in [-0.4, -0.2) is 39.0 Å². The van der Waals surface area contributed by atoms with Gasteiger partial charge in [-0.3, -0.25) is 4.98 Å². The lowest BCUT2D eigenvalue weighted by Gasteiger charge is -2.15. The SMILES string of the molecule is CC1COCC1Nc1cncc(-n2cccn2)n1. The number of rotatable bonds is 3. The van der Waals surface area contributed by atoms with Crippen molar-refractivity contribution in [2.45, 2.75) is 13.0 Å². The van der Waals surface area contributed by atoms with Crippen molar-refractivity contribution < 1.29 is 4.74 Å².